The minimum atomic E-state index is -0.311. The van der Waals surface area contributed by atoms with E-state index in [1.54, 1.807) is 18.5 Å². The van der Waals surface area contributed by atoms with Gasteiger partial charge in [-0.15, -0.1) is 0 Å². The lowest BCUT2D eigenvalue weighted by molar-refractivity contribution is -0.110. The Morgan fingerprint density at radius 3 is 3.00 bits per heavy atom. The van der Waals surface area contributed by atoms with E-state index in [1.165, 1.54) is 38.6 Å². The molecule has 1 saturated heterocycles. The average Bonchev–Trinajstić information content (AvgIpc) is 3.07. The van der Waals surface area contributed by atoms with E-state index in [2.05, 4.69) is 20.4 Å². The maximum Gasteiger partial charge on any atom is 0.273 e. The van der Waals surface area contributed by atoms with Crippen LogP contribution >= 0.6 is 0 Å². The summed E-state index contributed by atoms with van der Waals surface area (Å²) in [6.07, 6.45) is 12.9. The summed E-state index contributed by atoms with van der Waals surface area (Å²) in [5.74, 6) is 0.647. The Morgan fingerprint density at radius 1 is 1.31 bits per heavy atom. The Bertz CT molecular complexity index is 657. The monoisotopic (exact) mass is 356 g/mol. The van der Waals surface area contributed by atoms with E-state index >= 15 is 0 Å². The van der Waals surface area contributed by atoms with Gasteiger partial charge < -0.3 is 10.2 Å². The zero-order valence-corrected chi connectivity index (χ0v) is 15.3. The van der Waals surface area contributed by atoms with Crippen molar-refractivity contribution in [1.29, 1.82) is 0 Å². The molecule has 6 heteroatoms. The van der Waals surface area contributed by atoms with Crippen LogP contribution in [0, 0.1) is 5.92 Å². The molecule has 1 aliphatic carbocycles. The number of oxime groups is 1. The number of nitrogens with zero attached hydrogens (tertiary/aromatic N) is 3. The van der Waals surface area contributed by atoms with E-state index in [1.807, 2.05) is 6.07 Å². The number of amides is 1. The van der Waals surface area contributed by atoms with Crippen molar-refractivity contribution in [1.82, 2.24) is 9.88 Å². The molecule has 1 atom stereocenters. The first-order chi connectivity index (χ1) is 12.7. The van der Waals surface area contributed by atoms with Gasteiger partial charge in [0.25, 0.3) is 5.91 Å². The molecule has 1 aromatic heterocycles. The van der Waals surface area contributed by atoms with E-state index in [9.17, 15) is 4.79 Å². The number of hydrogen-bond acceptors (Lipinski definition) is 5. The third-order valence-electron chi connectivity index (χ3n) is 5.88. The van der Waals surface area contributed by atoms with Crippen molar-refractivity contribution in [3.05, 3.63) is 24.5 Å². The van der Waals surface area contributed by atoms with Gasteiger partial charge in [0.05, 0.1) is 11.9 Å². The van der Waals surface area contributed by atoms with Crippen molar-refractivity contribution in [2.45, 2.75) is 57.0 Å². The van der Waals surface area contributed by atoms with Gasteiger partial charge in [0.15, 0.2) is 5.60 Å². The van der Waals surface area contributed by atoms with Crippen LogP contribution in [-0.2, 0) is 9.63 Å². The number of carbonyl (C=O) groups excluding carboxylic acids is 1. The second kappa shape index (κ2) is 7.74. The van der Waals surface area contributed by atoms with Crippen LogP contribution in [0.1, 0.15) is 51.4 Å². The Morgan fingerprint density at radius 2 is 2.19 bits per heavy atom. The minimum Gasteiger partial charge on any atom is -0.387 e. The van der Waals surface area contributed by atoms with Gasteiger partial charge in [-0.3, -0.25) is 14.7 Å². The molecule has 1 amide bonds. The van der Waals surface area contributed by atoms with Gasteiger partial charge >= 0.3 is 0 Å². The number of carbonyl (C=O) groups is 1. The van der Waals surface area contributed by atoms with Gasteiger partial charge in [0.2, 0.25) is 0 Å². The summed E-state index contributed by atoms with van der Waals surface area (Å²) in [6.45, 7) is 3.19. The molecule has 0 aromatic carbocycles. The molecule has 1 unspecified atom stereocenters. The lowest BCUT2D eigenvalue weighted by atomic mass is 9.85. The molecule has 3 heterocycles. The first-order valence-corrected chi connectivity index (χ1v) is 9.91. The first kappa shape index (κ1) is 17.5. The number of rotatable bonds is 4. The van der Waals surface area contributed by atoms with Crippen molar-refractivity contribution in [2.24, 2.45) is 11.1 Å². The van der Waals surface area contributed by atoms with Gasteiger partial charge in [-0.05, 0) is 50.3 Å². The van der Waals surface area contributed by atoms with Crippen molar-refractivity contribution in [3.8, 4) is 0 Å². The first-order valence-electron chi connectivity index (χ1n) is 9.91. The van der Waals surface area contributed by atoms with Crippen molar-refractivity contribution < 1.29 is 9.63 Å². The molecule has 2 fully saturated rings. The number of piperidine rings is 1. The fourth-order valence-corrected chi connectivity index (χ4v) is 4.58. The fourth-order valence-electron chi connectivity index (χ4n) is 4.58. The smallest absolute Gasteiger partial charge is 0.273 e. The van der Waals surface area contributed by atoms with E-state index in [-0.39, 0.29) is 11.5 Å². The van der Waals surface area contributed by atoms with Crippen LogP contribution in [0.25, 0.3) is 0 Å². The molecule has 6 nitrogen and oxygen atoms in total. The number of likely N-dealkylation sites (tertiary alicyclic amines) is 1. The Labute approximate surface area is 155 Å². The fraction of sp³-hybridized carbons (Fsp3) is 0.650. The molecule has 4 rings (SSSR count). The molecule has 1 N–H and O–H groups in total. The molecule has 0 bridgehead atoms. The third-order valence-corrected chi connectivity index (χ3v) is 5.88. The summed E-state index contributed by atoms with van der Waals surface area (Å²) in [5.41, 5.74) is 0.867. The summed E-state index contributed by atoms with van der Waals surface area (Å²) < 4.78 is 0. The Hall–Kier alpha value is -1.95. The summed E-state index contributed by atoms with van der Waals surface area (Å²) in [5, 5.41) is 7.00. The maximum atomic E-state index is 12.5. The normalized spacial score (nSPS) is 27.2. The lowest BCUT2D eigenvalue weighted by Crippen LogP contribution is -2.50. The summed E-state index contributed by atoms with van der Waals surface area (Å²) in [4.78, 5) is 24.9. The highest BCUT2D eigenvalue weighted by molar-refractivity contribution is 6.43. The van der Waals surface area contributed by atoms with Gasteiger partial charge in [-0.1, -0.05) is 24.4 Å². The number of hydrogen-bond donors (Lipinski definition) is 1. The van der Waals surface area contributed by atoms with Gasteiger partial charge in [0.1, 0.15) is 5.71 Å². The zero-order chi connectivity index (χ0) is 17.8. The molecular formula is C20H28N4O2. The van der Waals surface area contributed by atoms with Crippen LogP contribution in [0.4, 0.5) is 5.69 Å². The van der Waals surface area contributed by atoms with Crippen LogP contribution in [0.5, 0.6) is 0 Å². The van der Waals surface area contributed by atoms with Crippen LogP contribution < -0.4 is 5.32 Å². The summed E-state index contributed by atoms with van der Waals surface area (Å²) >= 11 is 0. The number of pyridine rings is 1. The molecule has 140 valence electrons. The standard InChI is InChI=1S/C20H28N4O2/c25-19(22-17-8-4-10-21-13-17)18-12-20(26-23-18)9-5-11-24(15-20)14-16-6-2-1-3-7-16/h4,8,10,13,16H,1-3,5-7,9,11-12,14-15H2,(H,22,25). The zero-order valence-electron chi connectivity index (χ0n) is 15.3. The average molecular weight is 356 g/mol. The minimum absolute atomic E-state index is 0.181. The van der Waals surface area contributed by atoms with E-state index < -0.39 is 0 Å². The Kier molecular flexibility index (Phi) is 5.20. The molecule has 1 aromatic rings. The molecule has 0 radical (unpaired) electrons. The van der Waals surface area contributed by atoms with E-state index in [0.717, 1.165) is 31.8 Å². The number of nitrogens with one attached hydrogen (secondary N) is 1. The van der Waals surface area contributed by atoms with E-state index in [0.29, 0.717) is 17.8 Å². The van der Waals surface area contributed by atoms with Crippen molar-refractivity contribution in [3.63, 3.8) is 0 Å². The highest BCUT2D eigenvalue weighted by Gasteiger charge is 2.44. The van der Waals surface area contributed by atoms with Crippen LogP contribution in [0.3, 0.4) is 0 Å². The summed E-state index contributed by atoms with van der Waals surface area (Å²) in [7, 11) is 0. The van der Waals surface area contributed by atoms with Gasteiger partial charge in [0, 0.05) is 25.7 Å². The van der Waals surface area contributed by atoms with E-state index in [4.69, 9.17) is 4.84 Å². The summed E-state index contributed by atoms with van der Waals surface area (Å²) in [6, 6.07) is 3.62. The second-order valence-corrected chi connectivity index (χ2v) is 8.03. The largest absolute Gasteiger partial charge is 0.387 e. The van der Waals surface area contributed by atoms with Crippen LogP contribution in [0.15, 0.2) is 29.7 Å². The molecule has 1 spiro atoms. The highest BCUT2D eigenvalue weighted by Crippen LogP contribution is 2.35. The lowest BCUT2D eigenvalue weighted by Gasteiger charge is -2.40. The topological polar surface area (TPSA) is 66.8 Å². The predicted octanol–water partition coefficient (Wildman–Crippen LogP) is 3.21. The van der Waals surface area contributed by atoms with Crippen molar-refractivity contribution >= 4 is 17.3 Å². The molecular weight excluding hydrogens is 328 g/mol. The SMILES string of the molecule is O=C(Nc1cccnc1)C1=NOC2(CCCN(CC3CCCCC3)C2)C1. The Balaban J connectivity index is 1.32. The van der Waals surface area contributed by atoms with Crippen LogP contribution in [0.2, 0.25) is 0 Å². The quantitative estimate of drug-likeness (QED) is 0.899. The van der Waals surface area contributed by atoms with Crippen LogP contribution in [-0.4, -0.2) is 46.7 Å². The predicted molar refractivity (Wildman–Crippen MR) is 101 cm³/mol. The second-order valence-electron chi connectivity index (χ2n) is 8.03. The highest BCUT2D eigenvalue weighted by atomic mass is 16.7. The van der Waals surface area contributed by atoms with Gasteiger partial charge in [-0.25, -0.2) is 0 Å². The molecule has 2 aliphatic heterocycles. The molecule has 3 aliphatic rings. The third kappa shape index (κ3) is 4.06. The van der Waals surface area contributed by atoms with Crippen molar-refractivity contribution in [2.75, 3.05) is 25.0 Å². The maximum absolute atomic E-state index is 12.5. The number of aromatic nitrogens is 1. The number of anilines is 1. The molecule has 1 saturated carbocycles. The molecule has 26 heavy (non-hydrogen) atoms. The van der Waals surface area contributed by atoms with Gasteiger partial charge in [-0.2, -0.15) is 0 Å².